The molecule has 9 heteroatoms. The van der Waals surface area contributed by atoms with Gasteiger partial charge in [0.15, 0.2) is 9.84 Å². The monoisotopic (exact) mass is 479 g/mol. The summed E-state index contributed by atoms with van der Waals surface area (Å²) in [5.74, 6) is 0.490. The van der Waals surface area contributed by atoms with Crippen molar-refractivity contribution in [2.24, 2.45) is 11.7 Å². The van der Waals surface area contributed by atoms with Crippen molar-refractivity contribution in [3.8, 4) is 0 Å². The van der Waals surface area contributed by atoms with Crippen LogP contribution in [0.15, 0.2) is 53.4 Å². The van der Waals surface area contributed by atoms with E-state index in [2.05, 4.69) is 22.7 Å². The predicted molar refractivity (Wildman–Crippen MR) is 122 cm³/mol. The Bertz CT molecular complexity index is 1120. The lowest BCUT2D eigenvalue weighted by Gasteiger charge is -2.26. The lowest BCUT2D eigenvalue weighted by atomic mass is 9.82. The summed E-state index contributed by atoms with van der Waals surface area (Å²) in [5, 5.41) is 0. The zero-order valence-corrected chi connectivity index (χ0v) is 19.6. The maximum absolute atomic E-state index is 12.7. The molecule has 0 saturated heterocycles. The van der Waals surface area contributed by atoms with Crippen molar-refractivity contribution in [2.45, 2.75) is 54.9 Å². The largest absolute Gasteiger partial charge is 0.469 e. The number of rotatable bonds is 7. The SMILES string of the molecule is NC1(COP(=O)(O)O)CCC(c2ccc3c(c2)CCC(CS(=O)(=O)c2ccccc2)C3)C1. The number of phosphoric acid groups is 1. The minimum Gasteiger partial charge on any atom is -0.323 e. The van der Waals surface area contributed by atoms with Crippen LogP contribution in [0.2, 0.25) is 0 Å². The number of benzene rings is 2. The third-order valence-corrected chi connectivity index (χ3v) is 9.12. The molecule has 2 aromatic rings. The molecule has 3 atom stereocenters. The van der Waals surface area contributed by atoms with Crippen LogP contribution in [-0.4, -0.2) is 36.1 Å². The van der Waals surface area contributed by atoms with E-state index >= 15 is 0 Å². The molecule has 1 saturated carbocycles. The first-order valence-corrected chi connectivity index (χ1v) is 14.1. The second kappa shape index (κ2) is 9.01. The van der Waals surface area contributed by atoms with E-state index in [1.165, 1.54) is 16.7 Å². The highest BCUT2D eigenvalue weighted by Gasteiger charge is 2.38. The first-order valence-electron chi connectivity index (χ1n) is 10.9. The molecular weight excluding hydrogens is 449 g/mol. The smallest absolute Gasteiger partial charge is 0.323 e. The van der Waals surface area contributed by atoms with Gasteiger partial charge in [0.25, 0.3) is 0 Å². The van der Waals surface area contributed by atoms with E-state index in [-0.39, 0.29) is 24.2 Å². The minimum absolute atomic E-state index is 0.103. The Morgan fingerprint density at radius 3 is 2.56 bits per heavy atom. The summed E-state index contributed by atoms with van der Waals surface area (Å²) in [4.78, 5) is 18.3. The highest BCUT2D eigenvalue weighted by molar-refractivity contribution is 7.91. The standard InChI is InChI=1S/C23H30NO6PS/c24-23(16-30-31(25,26)27)11-10-21(14-23)20-9-8-18-12-17(6-7-19(18)13-20)15-32(28,29)22-4-2-1-3-5-22/h1-5,8-9,13,17,21H,6-7,10-12,14-16,24H2,(H2,25,26,27). The Labute approximate surface area is 189 Å². The molecule has 174 valence electrons. The van der Waals surface area contributed by atoms with Crippen LogP contribution in [0.3, 0.4) is 0 Å². The topological polar surface area (TPSA) is 127 Å². The zero-order valence-electron chi connectivity index (χ0n) is 17.9. The third kappa shape index (κ3) is 5.68. The van der Waals surface area contributed by atoms with Crippen molar-refractivity contribution in [3.05, 3.63) is 65.2 Å². The summed E-state index contributed by atoms with van der Waals surface area (Å²) in [5.41, 5.74) is 9.24. The maximum Gasteiger partial charge on any atom is 0.469 e. The van der Waals surface area contributed by atoms with E-state index in [1.54, 1.807) is 24.3 Å². The first-order chi connectivity index (χ1) is 15.0. The Morgan fingerprint density at radius 2 is 1.84 bits per heavy atom. The molecule has 0 aromatic heterocycles. The molecule has 32 heavy (non-hydrogen) atoms. The van der Waals surface area contributed by atoms with E-state index < -0.39 is 23.2 Å². The molecule has 0 amide bonds. The van der Waals surface area contributed by atoms with Crippen molar-refractivity contribution in [1.82, 2.24) is 0 Å². The van der Waals surface area contributed by atoms with Crippen LogP contribution < -0.4 is 5.73 Å². The lowest BCUT2D eigenvalue weighted by Crippen LogP contribution is -2.41. The van der Waals surface area contributed by atoms with Gasteiger partial charge in [0.2, 0.25) is 0 Å². The molecule has 4 N–H and O–H groups in total. The second-order valence-electron chi connectivity index (χ2n) is 9.30. The molecule has 1 fully saturated rings. The molecule has 0 spiro atoms. The number of hydrogen-bond acceptors (Lipinski definition) is 5. The number of phosphoric ester groups is 1. The average molecular weight is 480 g/mol. The molecule has 2 aliphatic rings. The van der Waals surface area contributed by atoms with Crippen molar-refractivity contribution >= 4 is 17.7 Å². The summed E-state index contributed by atoms with van der Waals surface area (Å²) in [6.07, 6.45) is 4.54. The molecular formula is C23H30NO6PS. The van der Waals surface area contributed by atoms with Gasteiger partial charge in [-0.15, -0.1) is 0 Å². The summed E-state index contributed by atoms with van der Waals surface area (Å²) < 4.78 is 41.2. The van der Waals surface area contributed by atoms with E-state index in [0.29, 0.717) is 17.7 Å². The van der Waals surface area contributed by atoms with Gasteiger partial charge in [0.1, 0.15) is 0 Å². The van der Waals surface area contributed by atoms with E-state index in [4.69, 9.17) is 15.5 Å². The van der Waals surface area contributed by atoms with Crippen molar-refractivity contribution in [1.29, 1.82) is 0 Å². The summed E-state index contributed by atoms with van der Waals surface area (Å²) >= 11 is 0. The number of nitrogens with two attached hydrogens (primary N) is 1. The minimum atomic E-state index is -4.53. The fourth-order valence-electron chi connectivity index (χ4n) is 5.07. The number of hydrogen-bond donors (Lipinski definition) is 3. The van der Waals surface area contributed by atoms with Crippen molar-refractivity contribution in [2.75, 3.05) is 12.4 Å². The third-order valence-electron chi connectivity index (χ3n) is 6.75. The van der Waals surface area contributed by atoms with Crippen LogP contribution in [0, 0.1) is 5.92 Å². The fourth-order valence-corrected chi connectivity index (χ4v) is 7.16. The molecule has 0 bridgehead atoms. The first kappa shape index (κ1) is 23.6. The van der Waals surface area contributed by atoms with Crippen LogP contribution >= 0.6 is 7.82 Å². The second-order valence-corrected chi connectivity index (χ2v) is 12.6. The van der Waals surface area contributed by atoms with Gasteiger partial charge in [-0.25, -0.2) is 13.0 Å². The summed E-state index contributed by atoms with van der Waals surface area (Å²) in [6, 6.07) is 15.0. The van der Waals surface area contributed by atoms with Gasteiger partial charge < -0.3 is 15.5 Å². The summed E-state index contributed by atoms with van der Waals surface area (Å²) in [6.45, 7) is -0.156. The van der Waals surface area contributed by atoms with Gasteiger partial charge in [-0.05, 0) is 79.2 Å². The molecule has 0 heterocycles. The molecule has 7 nitrogen and oxygen atoms in total. The Kier molecular flexibility index (Phi) is 6.65. The van der Waals surface area contributed by atoms with Gasteiger partial charge in [0.05, 0.1) is 17.3 Å². The van der Waals surface area contributed by atoms with Gasteiger partial charge in [0, 0.05) is 5.54 Å². The van der Waals surface area contributed by atoms with Gasteiger partial charge >= 0.3 is 7.82 Å². The van der Waals surface area contributed by atoms with E-state index in [1.807, 2.05) is 6.07 Å². The van der Waals surface area contributed by atoms with Crippen LogP contribution in [0.4, 0.5) is 0 Å². The van der Waals surface area contributed by atoms with Crippen LogP contribution in [0.1, 0.15) is 48.3 Å². The quantitative estimate of drug-likeness (QED) is 0.520. The maximum atomic E-state index is 12.7. The molecule has 2 aromatic carbocycles. The molecule has 3 unspecified atom stereocenters. The Balaban J connectivity index is 1.40. The molecule has 4 rings (SSSR count). The molecule has 0 radical (unpaired) electrons. The molecule has 2 aliphatic carbocycles. The van der Waals surface area contributed by atoms with Crippen LogP contribution in [0.25, 0.3) is 0 Å². The zero-order chi connectivity index (χ0) is 23.0. The van der Waals surface area contributed by atoms with Gasteiger partial charge in [-0.2, -0.15) is 0 Å². The summed E-state index contributed by atoms with van der Waals surface area (Å²) in [7, 11) is -7.83. The average Bonchev–Trinajstić information content (AvgIpc) is 3.14. The number of aryl methyl sites for hydroxylation is 1. The predicted octanol–water partition coefficient (Wildman–Crippen LogP) is 3.34. The number of sulfone groups is 1. The van der Waals surface area contributed by atoms with Crippen LogP contribution in [-0.2, 0) is 31.8 Å². The highest BCUT2D eigenvalue weighted by Crippen LogP contribution is 2.44. The Hall–Kier alpha value is -1.54. The highest BCUT2D eigenvalue weighted by atomic mass is 32.2. The van der Waals surface area contributed by atoms with Gasteiger partial charge in [-0.3, -0.25) is 4.52 Å². The van der Waals surface area contributed by atoms with E-state index in [9.17, 15) is 13.0 Å². The fraction of sp³-hybridized carbons (Fsp3) is 0.478. The van der Waals surface area contributed by atoms with Gasteiger partial charge in [-0.1, -0.05) is 36.4 Å². The van der Waals surface area contributed by atoms with Crippen LogP contribution in [0.5, 0.6) is 0 Å². The van der Waals surface area contributed by atoms with Crippen molar-refractivity contribution in [3.63, 3.8) is 0 Å². The lowest BCUT2D eigenvalue weighted by molar-refractivity contribution is 0.153. The number of fused-ring (bicyclic) bond motifs is 1. The molecule has 0 aliphatic heterocycles. The van der Waals surface area contributed by atoms with E-state index in [0.717, 1.165) is 25.7 Å². The Morgan fingerprint density at radius 1 is 1.09 bits per heavy atom. The van der Waals surface area contributed by atoms with Crippen molar-refractivity contribution < 1.29 is 27.3 Å². The normalized spacial score (nSPS) is 26.1.